The Kier molecular flexibility index (Phi) is 4.20. The smallest absolute Gasteiger partial charge is 0.311 e. The van der Waals surface area contributed by atoms with E-state index in [9.17, 15) is 15.2 Å². The average Bonchev–Trinajstić information content (AvgIpc) is 2.38. The average molecular weight is 281 g/mol. The fourth-order valence-electron chi connectivity index (χ4n) is 2.40. The zero-order valence-corrected chi connectivity index (χ0v) is 11.7. The minimum Gasteiger partial charge on any atom is -0.388 e. The van der Waals surface area contributed by atoms with Crippen LogP contribution in [0.3, 0.4) is 0 Å². The molecule has 2 rings (SSSR count). The molecule has 7 heteroatoms. The molecule has 0 saturated carbocycles. The second-order valence-electron chi connectivity index (χ2n) is 5.31. The quantitative estimate of drug-likeness (QED) is 0.660. The summed E-state index contributed by atoms with van der Waals surface area (Å²) in [4.78, 5) is 16.4. The molecule has 1 aromatic heterocycles. The van der Waals surface area contributed by atoms with Gasteiger partial charge in [0.15, 0.2) is 0 Å². The van der Waals surface area contributed by atoms with Gasteiger partial charge < -0.3 is 14.7 Å². The van der Waals surface area contributed by atoms with Crippen LogP contribution in [-0.4, -0.2) is 47.4 Å². The predicted octanol–water partition coefficient (Wildman–Crippen LogP) is 1.28. The van der Waals surface area contributed by atoms with Crippen molar-refractivity contribution in [2.45, 2.75) is 25.4 Å². The maximum absolute atomic E-state index is 11.1. The van der Waals surface area contributed by atoms with E-state index < -0.39 is 10.5 Å². The molecule has 1 aliphatic rings. The van der Waals surface area contributed by atoms with Crippen LogP contribution >= 0.6 is 0 Å². The number of nitro groups is 1. The maximum atomic E-state index is 11.1. The molecule has 0 radical (unpaired) electrons. The van der Waals surface area contributed by atoms with Gasteiger partial charge in [0.25, 0.3) is 0 Å². The van der Waals surface area contributed by atoms with Crippen molar-refractivity contribution in [3.8, 4) is 0 Å². The van der Waals surface area contributed by atoms with Crippen LogP contribution in [0.15, 0.2) is 12.3 Å². The van der Waals surface area contributed by atoms with Crippen LogP contribution in [0.4, 0.5) is 11.5 Å². The monoisotopic (exact) mass is 281 g/mol. The molecule has 20 heavy (non-hydrogen) atoms. The van der Waals surface area contributed by atoms with Crippen LogP contribution in [0.2, 0.25) is 0 Å². The van der Waals surface area contributed by atoms with E-state index in [4.69, 9.17) is 4.74 Å². The number of nitrogens with zero attached hydrogens (tertiary/aromatic N) is 3. The van der Waals surface area contributed by atoms with E-state index in [0.717, 1.165) is 5.56 Å². The lowest BCUT2D eigenvalue weighted by Crippen LogP contribution is -2.46. The van der Waals surface area contributed by atoms with E-state index in [0.29, 0.717) is 32.6 Å². The second-order valence-corrected chi connectivity index (χ2v) is 5.31. The summed E-state index contributed by atoms with van der Waals surface area (Å²) >= 11 is 0. The molecular weight excluding hydrogens is 262 g/mol. The Balaban J connectivity index is 2.20. The third-order valence-electron chi connectivity index (χ3n) is 3.50. The molecule has 7 nitrogen and oxygen atoms in total. The molecule has 0 aliphatic carbocycles. The van der Waals surface area contributed by atoms with Gasteiger partial charge in [0.1, 0.15) is 0 Å². The van der Waals surface area contributed by atoms with Crippen LogP contribution in [0.25, 0.3) is 0 Å². The summed E-state index contributed by atoms with van der Waals surface area (Å²) in [6.07, 6.45) is 2.64. The Hall–Kier alpha value is -1.73. The van der Waals surface area contributed by atoms with E-state index in [1.54, 1.807) is 25.1 Å². The highest BCUT2D eigenvalue weighted by Gasteiger charge is 2.33. The Morgan fingerprint density at radius 1 is 1.55 bits per heavy atom. The van der Waals surface area contributed by atoms with Gasteiger partial charge >= 0.3 is 5.69 Å². The van der Waals surface area contributed by atoms with Crippen LogP contribution in [-0.2, 0) is 4.74 Å². The van der Waals surface area contributed by atoms with Gasteiger partial charge in [0.05, 0.1) is 10.5 Å². The fraction of sp³-hybridized carbons (Fsp3) is 0.615. The molecule has 2 heterocycles. The number of anilines is 1. The molecule has 0 spiro atoms. The zero-order chi connectivity index (χ0) is 14.8. The first-order valence-electron chi connectivity index (χ1n) is 6.54. The molecular formula is C13H19N3O4. The van der Waals surface area contributed by atoms with Crippen molar-refractivity contribution < 1.29 is 14.8 Å². The number of ether oxygens (including phenoxy) is 1. The lowest BCUT2D eigenvalue weighted by atomic mass is 9.94. The normalized spacial score (nSPS) is 17.8. The van der Waals surface area contributed by atoms with Crippen LogP contribution in [0, 0.1) is 17.0 Å². The van der Waals surface area contributed by atoms with Gasteiger partial charge in [-0.1, -0.05) is 0 Å². The third kappa shape index (κ3) is 3.23. The van der Waals surface area contributed by atoms with E-state index in [-0.39, 0.29) is 11.5 Å². The fourth-order valence-corrected chi connectivity index (χ4v) is 2.40. The number of likely N-dealkylation sites (N-methyl/N-ethyl adjacent to an activating group) is 1. The SMILES string of the molecule is Cc1cnc(N(C)CC2(O)CCOCC2)c([N+](=O)[O-])c1. The summed E-state index contributed by atoms with van der Waals surface area (Å²) in [6.45, 7) is 3.07. The van der Waals surface area contributed by atoms with E-state index in [1.165, 1.54) is 6.07 Å². The highest BCUT2D eigenvalue weighted by Crippen LogP contribution is 2.29. The number of aryl methyl sites for hydroxylation is 1. The zero-order valence-electron chi connectivity index (χ0n) is 11.7. The molecule has 110 valence electrons. The van der Waals surface area contributed by atoms with Crippen LogP contribution in [0.5, 0.6) is 0 Å². The summed E-state index contributed by atoms with van der Waals surface area (Å²) in [6, 6.07) is 1.49. The molecule has 1 fully saturated rings. The summed E-state index contributed by atoms with van der Waals surface area (Å²) in [5.74, 6) is 0.278. The minimum absolute atomic E-state index is 0.0387. The number of hydrogen-bond acceptors (Lipinski definition) is 6. The lowest BCUT2D eigenvalue weighted by Gasteiger charge is -2.35. The predicted molar refractivity (Wildman–Crippen MR) is 73.9 cm³/mol. The Morgan fingerprint density at radius 2 is 2.20 bits per heavy atom. The van der Waals surface area contributed by atoms with Gasteiger partial charge in [-0.3, -0.25) is 10.1 Å². The minimum atomic E-state index is -0.882. The highest BCUT2D eigenvalue weighted by molar-refractivity contribution is 5.58. The molecule has 0 unspecified atom stereocenters. The largest absolute Gasteiger partial charge is 0.388 e. The van der Waals surface area contributed by atoms with Gasteiger partial charge in [-0.2, -0.15) is 0 Å². The lowest BCUT2D eigenvalue weighted by molar-refractivity contribution is -0.384. The first-order chi connectivity index (χ1) is 9.41. The Labute approximate surface area is 117 Å². The molecule has 0 atom stereocenters. The number of pyridine rings is 1. The van der Waals surface area contributed by atoms with Crippen molar-refractivity contribution in [1.82, 2.24) is 4.98 Å². The van der Waals surface area contributed by atoms with Crippen molar-refractivity contribution >= 4 is 11.5 Å². The summed E-state index contributed by atoms with van der Waals surface area (Å²) in [5.41, 5.74) is -0.185. The van der Waals surface area contributed by atoms with Crippen LogP contribution in [0.1, 0.15) is 18.4 Å². The van der Waals surface area contributed by atoms with Crippen molar-refractivity contribution in [2.24, 2.45) is 0 Å². The number of hydrogen-bond donors (Lipinski definition) is 1. The van der Waals surface area contributed by atoms with Gasteiger partial charge in [-0.05, 0) is 12.5 Å². The highest BCUT2D eigenvalue weighted by atomic mass is 16.6. The van der Waals surface area contributed by atoms with Crippen molar-refractivity contribution in [2.75, 3.05) is 31.7 Å². The Bertz CT molecular complexity index is 500. The number of aromatic nitrogens is 1. The van der Waals surface area contributed by atoms with Gasteiger partial charge in [0.2, 0.25) is 5.82 Å². The number of rotatable bonds is 4. The van der Waals surface area contributed by atoms with Crippen molar-refractivity contribution in [3.05, 3.63) is 27.9 Å². The molecule has 0 bridgehead atoms. The van der Waals surface area contributed by atoms with E-state index in [1.807, 2.05) is 0 Å². The standard InChI is InChI=1S/C13H19N3O4/c1-10-7-11(16(18)19)12(14-8-10)15(2)9-13(17)3-5-20-6-4-13/h7-8,17H,3-6,9H2,1-2H3. The molecule has 1 N–H and O–H groups in total. The van der Waals surface area contributed by atoms with Crippen molar-refractivity contribution in [3.63, 3.8) is 0 Å². The third-order valence-corrected chi connectivity index (χ3v) is 3.50. The molecule has 1 saturated heterocycles. The van der Waals surface area contributed by atoms with E-state index >= 15 is 0 Å². The topological polar surface area (TPSA) is 88.7 Å². The molecule has 0 amide bonds. The molecule has 0 aromatic carbocycles. The van der Waals surface area contributed by atoms with Gasteiger partial charge in [-0.25, -0.2) is 4.98 Å². The van der Waals surface area contributed by atoms with Crippen LogP contribution < -0.4 is 4.90 Å². The van der Waals surface area contributed by atoms with Crippen molar-refractivity contribution in [1.29, 1.82) is 0 Å². The number of aliphatic hydroxyl groups is 1. The molecule has 1 aromatic rings. The summed E-state index contributed by atoms with van der Waals surface area (Å²) < 4.78 is 5.23. The Morgan fingerprint density at radius 3 is 2.80 bits per heavy atom. The van der Waals surface area contributed by atoms with E-state index in [2.05, 4.69) is 4.98 Å². The van der Waals surface area contributed by atoms with Gasteiger partial charge in [-0.15, -0.1) is 0 Å². The van der Waals surface area contributed by atoms with Gasteiger partial charge in [0, 0.05) is 51.9 Å². The maximum Gasteiger partial charge on any atom is 0.311 e. The first kappa shape index (κ1) is 14.7. The molecule has 1 aliphatic heterocycles. The summed E-state index contributed by atoms with van der Waals surface area (Å²) in [5, 5.41) is 21.6. The summed E-state index contributed by atoms with van der Waals surface area (Å²) in [7, 11) is 1.71. The first-order valence-corrected chi connectivity index (χ1v) is 6.54. The second kappa shape index (κ2) is 5.72.